The third-order valence-corrected chi connectivity index (χ3v) is 4.33. The Balaban J connectivity index is 2.11. The molecule has 1 aromatic rings. The number of benzene rings is 1. The highest BCUT2D eigenvalue weighted by molar-refractivity contribution is 6.31. The minimum absolute atomic E-state index is 0.0795. The average molecular weight is 297 g/mol. The molecule has 1 saturated heterocycles. The van der Waals surface area contributed by atoms with Crippen LogP contribution in [-0.2, 0) is 4.79 Å². The topological polar surface area (TPSA) is 66.6 Å². The maximum atomic E-state index is 10.7. The van der Waals surface area contributed by atoms with Crippen molar-refractivity contribution in [1.82, 2.24) is 4.90 Å². The summed E-state index contributed by atoms with van der Waals surface area (Å²) in [6, 6.07) is 5.24. The predicted octanol–water partition coefficient (Wildman–Crippen LogP) is 2.62. The number of rotatable bonds is 4. The number of hydrogen-bond donors (Lipinski definition) is 2. The maximum absolute atomic E-state index is 10.7. The van der Waals surface area contributed by atoms with Gasteiger partial charge < -0.3 is 15.7 Å². The van der Waals surface area contributed by atoms with Crippen LogP contribution in [0.15, 0.2) is 18.2 Å². The van der Waals surface area contributed by atoms with E-state index in [4.69, 9.17) is 22.4 Å². The predicted molar refractivity (Wildman–Crippen MR) is 80.1 cm³/mol. The Bertz CT molecular complexity index is 485. The molecule has 1 fully saturated rings. The van der Waals surface area contributed by atoms with E-state index in [0.717, 1.165) is 37.1 Å². The van der Waals surface area contributed by atoms with Crippen molar-refractivity contribution in [2.75, 3.05) is 20.1 Å². The summed E-state index contributed by atoms with van der Waals surface area (Å²) in [5, 5.41) is 9.49. The lowest BCUT2D eigenvalue weighted by atomic mass is 9.88. The van der Waals surface area contributed by atoms with Crippen LogP contribution in [0.3, 0.4) is 0 Å². The van der Waals surface area contributed by atoms with Crippen molar-refractivity contribution in [2.45, 2.75) is 31.2 Å². The van der Waals surface area contributed by atoms with Crippen LogP contribution in [0.25, 0.3) is 0 Å². The molecule has 0 spiro atoms. The van der Waals surface area contributed by atoms with Crippen LogP contribution in [0.1, 0.15) is 42.3 Å². The van der Waals surface area contributed by atoms with Gasteiger partial charge in [0.2, 0.25) is 0 Å². The highest BCUT2D eigenvalue weighted by atomic mass is 35.5. The maximum Gasteiger partial charge on any atom is 0.305 e. The smallest absolute Gasteiger partial charge is 0.305 e. The molecule has 5 heteroatoms. The van der Waals surface area contributed by atoms with Crippen LogP contribution in [0.4, 0.5) is 0 Å². The molecule has 1 heterocycles. The molecule has 3 N–H and O–H groups in total. The van der Waals surface area contributed by atoms with Crippen molar-refractivity contribution in [2.24, 2.45) is 5.73 Å². The van der Waals surface area contributed by atoms with Gasteiger partial charge in [0.1, 0.15) is 0 Å². The molecule has 0 radical (unpaired) electrons. The Labute approximate surface area is 124 Å². The Morgan fingerprint density at radius 2 is 2.15 bits per heavy atom. The summed E-state index contributed by atoms with van der Waals surface area (Å²) in [6.45, 7) is 2.17. The molecule has 0 amide bonds. The number of aliphatic carboxylic acids is 1. The monoisotopic (exact) mass is 296 g/mol. The van der Waals surface area contributed by atoms with Gasteiger partial charge in [0.25, 0.3) is 0 Å². The van der Waals surface area contributed by atoms with E-state index in [1.165, 1.54) is 0 Å². The second-order valence-electron chi connectivity index (χ2n) is 5.56. The van der Waals surface area contributed by atoms with Crippen LogP contribution in [0.5, 0.6) is 0 Å². The largest absolute Gasteiger partial charge is 0.481 e. The molecule has 1 aromatic carbocycles. The quantitative estimate of drug-likeness (QED) is 0.896. The summed E-state index contributed by atoms with van der Waals surface area (Å²) in [7, 11) is 2.13. The van der Waals surface area contributed by atoms with Crippen molar-refractivity contribution < 1.29 is 9.90 Å². The first-order chi connectivity index (χ1) is 9.47. The van der Waals surface area contributed by atoms with Crippen molar-refractivity contribution in [3.8, 4) is 0 Å². The SMILES string of the molecule is CN1CCC(c2ccc(C(N)CC(=O)O)cc2Cl)CC1. The third-order valence-electron chi connectivity index (χ3n) is 4.01. The molecule has 1 aliphatic rings. The molecule has 0 bridgehead atoms. The first kappa shape index (κ1) is 15.3. The number of carboxylic acid groups (broad SMARTS) is 1. The fraction of sp³-hybridized carbons (Fsp3) is 0.533. The van der Waals surface area contributed by atoms with E-state index >= 15 is 0 Å². The molecule has 1 atom stereocenters. The minimum Gasteiger partial charge on any atom is -0.481 e. The summed E-state index contributed by atoms with van der Waals surface area (Å²) >= 11 is 6.36. The number of carbonyl (C=O) groups is 1. The van der Waals surface area contributed by atoms with E-state index in [2.05, 4.69) is 11.9 Å². The zero-order valence-electron chi connectivity index (χ0n) is 11.7. The molecule has 2 rings (SSSR count). The van der Waals surface area contributed by atoms with Crippen molar-refractivity contribution in [3.63, 3.8) is 0 Å². The van der Waals surface area contributed by atoms with Crippen LogP contribution in [-0.4, -0.2) is 36.1 Å². The molecule has 110 valence electrons. The normalized spacial score (nSPS) is 18.9. The van der Waals surface area contributed by atoms with Crippen LogP contribution in [0, 0.1) is 0 Å². The summed E-state index contributed by atoms with van der Waals surface area (Å²) in [4.78, 5) is 13.0. The second kappa shape index (κ2) is 6.57. The van der Waals surface area contributed by atoms with Crippen LogP contribution < -0.4 is 5.73 Å². The van der Waals surface area contributed by atoms with E-state index in [-0.39, 0.29) is 6.42 Å². The van der Waals surface area contributed by atoms with Gasteiger partial charge in [0, 0.05) is 11.1 Å². The van der Waals surface area contributed by atoms with Crippen molar-refractivity contribution in [3.05, 3.63) is 34.3 Å². The molecule has 20 heavy (non-hydrogen) atoms. The zero-order chi connectivity index (χ0) is 14.7. The molecular weight excluding hydrogens is 276 g/mol. The van der Waals surface area contributed by atoms with Gasteiger partial charge in [-0.1, -0.05) is 23.7 Å². The van der Waals surface area contributed by atoms with Gasteiger partial charge in [-0.15, -0.1) is 0 Å². The van der Waals surface area contributed by atoms with Crippen molar-refractivity contribution in [1.29, 1.82) is 0 Å². The average Bonchev–Trinajstić information content (AvgIpc) is 2.39. The highest BCUT2D eigenvalue weighted by Crippen LogP contribution is 2.34. The number of likely N-dealkylation sites (tertiary alicyclic amines) is 1. The molecule has 0 aromatic heterocycles. The number of nitrogens with zero attached hydrogens (tertiary/aromatic N) is 1. The van der Waals surface area contributed by atoms with E-state index in [9.17, 15) is 4.79 Å². The fourth-order valence-corrected chi connectivity index (χ4v) is 3.07. The lowest BCUT2D eigenvalue weighted by molar-refractivity contribution is -0.137. The van der Waals surface area contributed by atoms with E-state index in [1.807, 2.05) is 18.2 Å². The number of nitrogens with two attached hydrogens (primary N) is 1. The fourth-order valence-electron chi connectivity index (χ4n) is 2.73. The van der Waals surface area contributed by atoms with Crippen LogP contribution in [0.2, 0.25) is 5.02 Å². The Kier molecular flexibility index (Phi) is 5.02. The molecule has 0 saturated carbocycles. The minimum atomic E-state index is -0.895. The lowest BCUT2D eigenvalue weighted by Crippen LogP contribution is -2.29. The molecule has 1 aliphatic heterocycles. The van der Waals surface area contributed by atoms with Crippen molar-refractivity contribution >= 4 is 17.6 Å². The van der Waals surface area contributed by atoms with Gasteiger partial charge >= 0.3 is 5.97 Å². The van der Waals surface area contributed by atoms with E-state index in [1.54, 1.807) is 0 Å². The molecule has 0 aliphatic carbocycles. The Hall–Kier alpha value is -1.10. The Morgan fingerprint density at radius 3 is 2.70 bits per heavy atom. The van der Waals surface area contributed by atoms with Gasteiger partial charge in [0.15, 0.2) is 0 Å². The Morgan fingerprint density at radius 1 is 1.50 bits per heavy atom. The van der Waals surface area contributed by atoms with Crippen LogP contribution >= 0.6 is 11.6 Å². The van der Waals surface area contributed by atoms with Gasteiger partial charge in [-0.25, -0.2) is 0 Å². The summed E-state index contributed by atoms with van der Waals surface area (Å²) in [5.41, 5.74) is 7.81. The van der Waals surface area contributed by atoms with Gasteiger partial charge in [-0.3, -0.25) is 4.79 Å². The highest BCUT2D eigenvalue weighted by Gasteiger charge is 2.21. The number of hydrogen-bond acceptors (Lipinski definition) is 3. The van der Waals surface area contributed by atoms with Gasteiger partial charge in [-0.2, -0.15) is 0 Å². The number of piperidine rings is 1. The van der Waals surface area contributed by atoms with Gasteiger partial charge in [-0.05, 0) is 56.1 Å². The van der Waals surface area contributed by atoms with E-state index < -0.39 is 12.0 Å². The lowest BCUT2D eigenvalue weighted by Gasteiger charge is -2.30. The summed E-state index contributed by atoms with van der Waals surface area (Å²) in [5.74, 6) is -0.406. The number of halogens is 1. The summed E-state index contributed by atoms with van der Waals surface area (Å²) < 4.78 is 0. The molecule has 1 unspecified atom stereocenters. The standard InChI is InChI=1S/C15H21ClN2O2/c1-18-6-4-10(5-7-18)12-3-2-11(8-13(12)16)14(17)9-15(19)20/h2-3,8,10,14H,4-7,9,17H2,1H3,(H,19,20). The first-order valence-corrected chi connectivity index (χ1v) is 7.30. The van der Waals surface area contributed by atoms with Gasteiger partial charge in [0.05, 0.1) is 6.42 Å². The first-order valence-electron chi connectivity index (χ1n) is 6.92. The summed E-state index contributed by atoms with van der Waals surface area (Å²) in [6.07, 6.45) is 2.14. The number of carboxylic acids is 1. The molecule has 4 nitrogen and oxygen atoms in total. The third kappa shape index (κ3) is 3.72. The molecular formula is C15H21ClN2O2. The second-order valence-corrected chi connectivity index (χ2v) is 5.97. The van der Waals surface area contributed by atoms with E-state index in [0.29, 0.717) is 10.9 Å². The zero-order valence-corrected chi connectivity index (χ0v) is 12.4.